The first-order valence-corrected chi connectivity index (χ1v) is 6.42. The van der Waals surface area contributed by atoms with E-state index >= 15 is 0 Å². The molecule has 3 N–H and O–H groups in total. The zero-order valence-corrected chi connectivity index (χ0v) is 11.5. The van der Waals surface area contributed by atoms with E-state index < -0.39 is 12.0 Å². The van der Waals surface area contributed by atoms with E-state index in [0.29, 0.717) is 0 Å². The van der Waals surface area contributed by atoms with Gasteiger partial charge in [-0.1, -0.05) is 24.3 Å². The molecular formula is C15H16N2O4. The summed E-state index contributed by atoms with van der Waals surface area (Å²) in [6.45, 7) is 0.00917. The molecule has 2 rings (SSSR count). The summed E-state index contributed by atoms with van der Waals surface area (Å²) in [5.41, 5.74) is 0.260. The van der Waals surface area contributed by atoms with E-state index in [2.05, 4.69) is 5.32 Å². The fraction of sp³-hybridized carbons (Fsp3) is 0.200. The van der Waals surface area contributed by atoms with Gasteiger partial charge in [0.1, 0.15) is 0 Å². The summed E-state index contributed by atoms with van der Waals surface area (Å²) in [7, 11) is 1.52. The molecule has 6 nitrogen and oxygen atoms in total. The Balaban J connectivity index is 2.39. The molecule has 0 saturated heterocycles. The Kier molecular flexibility index (Phi) is 4.39. The molecule has 2 aromatic rings. The van der Waals surface area contributed by atoms with Gasteiger partial charge in [-0.15, -0.1) is 0 Å². The molecule has 0 aromatic heterocycles. The molecule has 21 heavy (non-hydrogen) atoms. The maximum absolute atomic E-state index is 11.9. The van der Waals surface area contributed by atoms with Crippen molar-refractivity contribution in [2.45, 2.75) is 0 Å². The van der Waals surface area contributed by atoms with E-state index in [9.17, 15) is 14.7 Å². The van der Waals surface area contributed by atoms with Gasteiger partial charge >= 0.3 is 12.0 Å². The van der Waals surface area contributed by atoms with Crippen LogP contribution in [0.25, 0.3) is 10.8 Å². The number of aliphatic hydroxyl groups is 1. The first-order chi connectivity index (χ1) is 10.0. The molecule has 0 aliphatic rings. The molecule has 0 heterocycles. The van der Waals surface area contributed by atoms with Gasteiger partial charge in [0.05, 0.1) is 17.9 Å². The number of nitrogens with zero attached hydrogens (tertiary/aromatic N) is 1. The largest absolute Gasteiger partial charge is 0.478 e. The number of hydrogen-bond acceptors (Lipinski definition) is 3. The highest BCUT2D eigenvalue weighted by Gasteiger charge is 2.15. The first-order valence-electron chi connectivity index (χ1n) is 6.42. The number of anilines is 1. The second kappa shape index (κ2) is 6.23. The van der Waals surface area contributed by atoms with Crippen LogP contribution in [0.2, 0.25) is 0 Å². The lowest BCUT2D eigenvalue weighted by Gasteiger charge is -2.18. The molecule has 0 fully saturated rings. The topological polar surface area (TPSA) is 89.9 Å². The van der Waals surface area contributed by atoms with E-state index in [0.717, 1.165) is 10.8 Å². The first kappa shape index (κ1) is 14.8. The lowest BCUT2D eigenvalue weighted by atomic mass is 10.0. The van der Waals surface area contributed by atoms with Gasteiger partial charge in [0.25, 0.3) is 0 Å². The summed E-state index contributed by atoms with van der Waals surface area (Å²) >= 11 is 0. The van der Waals surface area contributed by atoms with E-state index in [-0.39, 0.29) is 24.4 Å². The van der Waals surface area contributed by atoms with Crippen LogP contribution in [0.5, 0.6) is 0 Å². The molecule has 0 bridgehead atoms. The highest BCUT2D eigenvalue weighted by Crippen LogP contribution is 2.24. The van der Waals surface area contributed by atoms with Gasteiger partial charge in [-0.2, -0.15) is 0 Å². The number of rotatable bonds is 4. The molecule has 2 amide bonds. The molecule has 0 spiro atoms. The van der Waals surface area contributed by atoms with Gasteiger partial charge in [-0.25, -0.2) is 9.59 Å². The summed E-state index contributed by atoms with van der Waals surface area (Å²) in [4.78, 5) is 24.5. The number of carbonyl (C=O) groups is 2. The molecule has 0 aliphatic heterocycles. The second-order valence-electron chi connectivity index (χ2n) is 4.63. The minimum Gasteiger partial charge on any atom is -0.478 e. The van der Waals surface area contributed by atoms with Crippen molar-refractivity contribution < 1.29 is 19.8 Å². The number of benzene rings is 2. The van der Waals surface area contributed by atoms with Crippen LogP contribution in [0.15, 0.2) is 36.4 Å². The summed E-state index contributed by atoms with van der Waals surface area (Å²) < 4.78 is 0. The number of carbonyl (C=O) groups excluding carboxylic acids is 1. The van der Waals surface area contributed by atoms with Crippen LogP contribution in [0.3, 0.4) is 0 Å². The highest BCUT2D eigenvalue weighted by molar-refractivity contribution is 6.04. The quantitative estimate of drug-likeness (QED) is 0.802. The smallest absolute Gasteiger partial charge is 0.337 e. The van der Waals surface area contributed by atoms with Crippen molar-refractivity contribution in [3.8, 4) is 0 Å². The monoisotopic (exact) mass is 288 g/mol. The third-order valence-electron chi connectivity index (χ3n) is 3.14. The van der Waals surface area contributed by atoms with Gasteiger partial charge in [0.15, 0.2) is 0 Å². The number of nitrogens with one attached hydrogen (secondary N) is 1. The van der Waals surface area contributed by atoms with Crippen LogP contribution in [0.4, 0.5) is 10.5 Å². The number of carboxylic acids is 1. The SMILES string of the molecule is CN(CCO)C(=O)Nc1cc2ccccc2cc1C(=O)O. The minimum atomic E-state index is -1.11. The van der Waals surface area contributed by atoms with Crippen LogP contribution < -0.4 is 5.32 Å². The Morgan fingerprint density at radius 2 is 1.81 bits per heavy atom. The van der Waals surface area contributed by atoms with Crippen LogP contribution >= 0.6 is 0 Å². The minimum absolute atomic E-state index is 0.0273. The van der Waals surface area contributed by atoms with Crippen LogP contribution in [-0.4, -0.2) is 47.3 Å². The molecule has 2 aromatic carbocycles. The lowest BCUT2D eigenvalue weighted by Crippen LogP contribution is -2.33. The zero-order valence-electron chi connectivity index (χ0n) is 11.5. The summed E-state index contributed by atoms with van der Waals surface area (Å²) in [5, 5.41) is 22.3. The number of aliphatic hydroxyl groups excluding tert-OH is 1. The van der Waals surface area contributed by atoms with Gasteiger partial charge < -0.3 is 20.4 Å². The molecular weight excluding hydrogens is 272 g/mol. The average molecular weight is 288 g/mol. The summed E-state index contributed by atoms with van der Waals surface area (Å²) in [6, 6.07) is 10.00. The fourth-order valence-electron chi connectivity index (χ4n) is 1.98. The van der Waals surface area contributed by atoms with Crippen LogP contribution in [0, 0.1) is 0 Å². The second-order valence-corrected chi connectivity index (χ2v) is 4.63. The number of carboxylic acid groups (broad SMARTS) is 1. The number of likely N-dealkylation sites (N-methyl/N-ethyl adjacent to an activating group) is 1. The predicted octanol–water partition coefficient (Wildman–Crippen LogP) is 1.99. The molecule has 6 heteroatoms. The summed E-state index contributed by atoms with van der Waals surface area (Å²) in [6.07, 6.45) is 0. The van der Waals surface area contributed by atoms with Crippen molar-refractivity contribution in [1.29, 1.82) is 0 Å². The van der Waals surface area contributed by atoms with E-state index in [1.807, 2.05) is 24.3 Å². The Labute approximate surface area is 121 Å². The normalized spacial score (nSPS) is 10.4. The maximum Gasteiger partial charge on any atom is 0.337 e. The predicted molar refractivity (Wildman–Crippen MR) is 79.6 cm³/mol. The van der Waals surface area contributed by atoms with Crippen molar-refractivity contribution in [1.82, 2.24) is 4.90 Å². The molecule has 0 atom stereocenters. The molecule has 110 valence electrons. The molecule has 0 saturated carbocycles. The van der Waals surface area contributed by atoms with Crippen molar-refractivity contribution in [3.63, 3.8) is 0 Å². The number of amides is 2. The van der Waals surface area contributed by atoms with E-state index in [1.54, 1.807) is 6.07 Å². The van der Waals surface area contributed by atoms with Gasteiger partial charge in [-0.05, 0) is 22.9 Å². The van der Waals surface area contributed by atoms with Crippen LogP contribution in [-0.2, 0) is 0 Å². The maximum atomic E-state index is 11.9. The number of hydrogen-bond donors (Lipinski definition) is 3. The zero-order chi connectivity index (χ0) is 15.4. The molecule has 0 radical (unpaired) electrons. The average Bonchev–Trinajstić information content (AvgIpc) is 2.46. The lowest BCUT2D eigenvalue weighted by molar-refractivity contribution is 0.0698. The Morgan fingerprint density at radius 1 is 1.19 bits per heavy atom. The van der Waals surface area contributed by atoms with Crippen LogP contribution in [0.1, 0.15) is 10.4 Å². The van der Waals surface area contributed by atoms with Crippen molar-refractivity contribution in [3.05, 3.63) is 42.0 Å². The Hall–Kier alpha value is -2.60. The van der Waals surface area contributed by atoms with Gasteiger partial charge in [0, 0.05) is 13.6 Å². The fourth-order valence-corrected chi connectivity index (χ4v) is 1.98. The van der Waals surface area contributed by atoms with Crippen molar-refractivity contribution in [2.24, 2.45) is 0 Å². The summed E-state index contributed by atoms with van der Waals surface area (Å²) in [5.74, 6) is -1.11. The van der Waals surface area contributed by atoms with E-state index in [1.165, 1.54) is 18.0 Å². The number of fused-ring (bicyclic) bond motifs is 1. The molecule has 0 unspecified atom stereocenters. The Morgan fingerprint density at radius 3 is 2.38 bits per heavy atom. The Bertz CT molecular complexity index is 684. The molecule has 0 aliphatic carbocycles. The van der Waals surface area contributed by atoms with Crippen molar-refractivity contribution in [2.75, 3.05) is 25.5 Å². The van der Waals surface area contributed by atoms with Gasteiger partial charge in [-0.3, -0.25) is 0 Å². The number of urea groups is 1. The standard InChI is InChI=1S/C15H16N2O4/c1-17(6-7-18)15(21)16-13-9-11-5-3-2-4-10(11)8-12(13)14(19)20/h2-5,8-9,18H,6-7H2,1H3,(H,16,21)(H,19,20). The third kappa shape index (κ3) is 3.29. The van der Waals surface area contributed by atoms with Gasteiger partial charge in [0.2, 0.25) is 0 Å². The van der Waals surface area contributed by atoms with E-state index in [4.69, 9.17) is 5.11 Å². The number of aromatic carboxylic acids is 1. The highest BCUT2D eigenvalue weighted by atomic mass is 16.4. The van der Waals surface area contributed by atoms with Crippen molar-refractivity contribution >= 4 is 28.5 Å². The third-order valence-corrected chi connectivity index (χ3v) is 3.14.